The van der Waals surface area contributed by atoms with Crippen molar-refractivity contribution in [2.24, 2.45) is 0 Å². The maximum Gasteiger partial charge on any atom is 0.261 e. The summed E-state index contributed by atoms with van der Waals surface area (Å²) in [5.74, 6) is 0.520. The SMILES string of the molecule is OC1(c2nc(CCOCC(F)F)no2)CCCNC1. The highest BCUT2D eigenvalue weighted by Crippen LogP contribution is 2.26. The summed E-state index contributed by atoms with van der Waals surface area (Å²) in [5, 5.41) is 17.1. The van der Waals surface area contributed by atoms with E-state index in [-0.39, 0.29) is 18.9 Å². The van der Waals surface area contributed by atoms with E-state index in [9.17, 15) is 13.9 Å². The summed E-state index contributed by atoms with van der Waals surface area (Å²) in [5.41, 5.74) is -1.13. The average Bonchev–Trinajstić information content (AvgIpc) is 2.85. The zero-order valence-electron chi connectivity index (χ0n) is 10.4. The van der Waals surface area contributed by atoms with Crippen molar-refractivity contribution in [1.29, 1.82) is 0 Å². The zero-order chi connectivity index (χ0) is 13.7. The van der Waals surface area contributed by atoms with Crippen LogP contribution in [-0.2, 0) is 16.8 Å². The minimum absolute atomic E-state index is 0.0972. The topological polar surface area (TPSA) is 80.4 Å². The van der Waals surface area contributed by atoms with Crippen LogP contribution in [0.4, 0.5) is 8.78 Å². The van der Waals surface area contributed by atoms with Gasteiger partial charge in [0.2, 0.25) is 0 Å². The van der Waals surface area contributed by atoms with E-state index in [0.717, 1.165) is 13.0 Å². The molecule has 19 heavy (non-hydrogen) atoms. The Morgan fingerprint density at radius 3 is 3.05 bits per heavy atom. The van der Waals surface area contributed by atoms with Gasteiger partial charge in [0.15, 0.2) is 11.4 Å². The summed E-state index contributed by atoms with van der Waals surface area (Å²) in [6.07, 6.45) is -0.815. The van der Waals surface area contributed by atoms with E-state index in [2.05, 4.69) is 15.5 Å². The maximum absolute atomic E-state index is 11.8. The molecule has 1 unspecified atom stereocenters. The van der Waals surface area contributed by atoms with Gasteiger partial charge in [-0.1, -0.05) is 5.16 Å². The molecule has 1 atom stereocenters. The molecule has 0 spiro atoms. The fraction of sp³-hybridized carbons (Fsp3) is 0.818. The largest absolute Gasteiger partial charge is 0.379 e. The lowest BCUT2D eigenvalue weighted by atomic mass is 9.94. The van der Waals surface area contributed by atoms with Gasteiger partial charge in [-0.3, -0.25) is 0 Å². The van der Waals surface area contributed by atoms with Gasteiger partial charge in [-0.15, -0.1) is 0 Å². The van der Waals surface area contributed by atoms with E-state index in [0.29, 0.717) is 18.8 Å². The Balaban J connectivity index is 1.84. The Hall–Kier alpha value is -1.12. The first kappa shape index (κ1) is 14.3. The summed E-state index contributed by atoms with van der Waals surface area (Å²) in [4.78, 5) is 4.09. The van der Waals surface area contributed by atoms with E-state index in [1.165, 1.54) is 0 Å². The standard InChI is InChI=1S/C11H17F2N3O3/c12-8(13)6-18-5-2-9-15-10(19-16-9)11(17)3-1-4-14-7-11/h8,14,17H,1-7H2. The fourth-order valence-corrected chi connectivity index (χ4v) is 1.95. The summed E-state index contributed by atoms with van der Waals surface area (Å²) in [6, 6.07) is 0. The van der Waals surface area contributed by atoms with Gasteiger partial charge >= 0.3 is 0 Å². The number of β-amino-alcohol motifs (C(OH)–C–C–N with tert-alkyl or cyclic N) is 1. The van der Waals surface area contributed by atoms with E-state index < -0.39 is 18.6 Å². The van der Waals surface area contributed by atoms with Gasteiger partial charge < -0.3 is 19.7 Å². The van der Waals surface area contributed by atoms with Gasteiger partial charge in [0.25, 0.3) is 12.3 Å². The molecule has 1 aromatic heterocycles. The van der Waals surface area contributed by atoms with Crippen LogP contribution in [0.3, 0.4) is 0 Å². The predicted octanol–water partition coefficient (Wildman–Crippen LogP) is 0.465. The lowest BCUT2D eigenvalue weighted by molar-refractivity contribution is -0.0167. The first-order valence-electron chi connectivity index (χ1n) is 6.22. The van der Waals surface area contributed by atoms with Crippen molar-refractivity contribution in [3.63, 3.8) is 0 Å². The molecule has 1 fully saturated rings. The number of piperidine rings is 1. The monoisotopic (exact) mass is 277 g/mol. The summed E-state index contributed by atoms with van der Waals surface area (Å²) >= 11 is 0. The minimum Gasteiger partial charge on any atom is -0.379 e. The maximum atomic E-state index is 11.8. The van der Waals surface area contributed by atoms with Crippen molar-refractivity contribution in [2.75, 3.05) is 26.3 Å². The summed E-state index contributed by atoms with van der Waals surface area (Å²) in [6.45, 7) is 0.722. The van der Waals surface area contributed by atoms with Crippen LogP contribution >= 0.6 is 0 Å². The molecule has 0 amide bonds. The number of nitrogens with one attached hydrogen (secondary N) is 1. The number of alkyl halides is 2. The Bertz CT molecular complexity index is 394. The third-order valence-corrected chi connectivity index (χ3v) is 2.94. The molecular weight excluding hydrogens is 260 g/mol. The Labute approximate surface area is 109 Å². The molecule has 0 radical (unpaired) electrons. The number of hydrogen-bond acceptors (Lipinski definition) is 6. The number of hydrogen-bond donors (Lipinski definition) is 2. The molecule has 8 heteroatoms. The molecule has 1 saturated heterocycles. The van der Waals surface area contributed by atoms with Crippen LogP contribution in [0.15, 0.2) is 4.52 Å². The molecule has 0 bridgehead atoms. The van der Waals surface area contributed by atoms with E-state index in [4.69, 9.17) is 9.26 Å². The third kappa shape index (κ3) is 3.92. The van der Waals surface area contributed by atoms with Crippen LogP contribution in [-0.4, -0.2) is 48.0 Å². The van der Waals surface area contributed by atoms with Gasteiger partial charge in [0, 0.05) is 13.0 Å². The van der Waals surface area contributed by atoms with Crippen molar-refractivity contribution in [3.05, 3.63) is 11.7 Å². The summed E-state index contributed by atoms with van der Waals surface area (Å²) in [7, 11) is 0. The Morgan fingerprint density at radius 2 is 2.37 bits per heavy atom. The highest BCUT2D eigenvalue weighted by molar-refractivity contribution is 5.02. The second-order valence-electron chi connectivity index (χ2n) is 4.54. The molecule has 0 aromatic carbocycles. The molecule has 2 N–H and O–H groups in total. The van der Waals surface area contributed by atoms with Gasteiger partial charge in [-0.05, 0) is 19.4 Å². The number of ether oxygens (including phenoxy) is 1. The normalized spacial score (nSPS) is 24.0. The second-order valence-corrected chi connectivity index (χ2v) is 4.54. The van der Waals surface area contributed by atoms with Crippen LogP contribution in [0.1, 0.15) is 24.6 Å². The molecule has 108 valence electrons. The van der Waals surface area contributed by atoms with Crippen LogP contribution in [0.25, 0.3) is 0 Å². The number of nitrogens with zero attached hydrogens (tertiary/aromatic N) is 2. The van der Waals surface area contributed by atoms with Crippen molar-refractivity contribution in [2.45, 2.75) is 31.3 Å². The molecular formula is C11H17F2N3O3. The van der Waals surface area contributed by atoms with Crippen LogP contribution in [0.5, 0.6) is 0 Å². The zero-order valence-corrected chi connectivity index (χ0v) is 10.4. The first-order chi connectivity index (χ1) is 9.10. The summed E-state index contributed by atoms with van der Waals surface area (Å²) < 4.78 is 33.4. The molecule has 6 nitrogen and oxygen atoms in total. The molecule has 1 aromatic rings. The van der Waals surface area contributed by atoms with Gasteiger partial charge in [0.1, 0.15) is 6.61 Å². The highest BCUT2D eigenvalue weighted by Gasteiger charge is 2.36. The lowest BCUT2D eigenvalue weighted by Crippen LogP contribution is -2.43. The van der Waals surface area contributed by atoms with E-state index in [1.54, 1.807) is 0 Å². The molecule has 1 aliphatic rings. The third-order valence-electron chi connectivity index (χ3n) is 2.94. The minimum atomic E-state index is -2.48. The molecule has 2 heterocycles. The van der Waals surface area contributed by atoms with E-state index >= 15 is 0 Å². The Morgan fingerprint density at radius 1 is 1.53 bits per heavy atom. The fourth-order valence-electron chi connectivity index (χ4n) is 1.95. The number of aliphatic hydroxyl groups is 1. The van der Waals surface area contributed by atoms with Crippen LogP contribution < -0.4 is 5.32 Å². The van der Waals surface area contributed by atoms with Gasteiger partial charge in [0.05, 0.1) is 6.61 Å². The Kier molecular flexibility index (Phi) is 4.78. The number of aromatic nitrogens is 2. The number of halogens is 2. The van der Waals surface area contributed by atoms with Gasteiger partial charge in [-0.25, -0.2) is 8.78 Å². The quantitative estimate of drug-likeness (QED) is 0.736. The highest BCUT2D eigenvalue weighted by atomic mass is 19.3. The van der Waals surface area contributed by atoms with Crippen LogP contribution in [0.2, 0.25) is 0 Å². The molecule has 0 saturated carbocycles. The number of rotatable bonds is 6. The average molecular weight is 277 g/mol. The predicted molar refractivity (Wildman–Crippen MR) is 60.8 cm³/mol. The van der Waals surface area contributed by atoms with E-state index in [1.807, 2.05) is 0 Å². The first-order valence-corrected chi connectivity index (χ1v) is 6.22. The van der Waals surface area contributed by atoms with Crippen molar-refractivity contribution < 1.29 is 23.1 Å². The molecule has 0 aliphatic carbocycles. The lowest BCUT2D eigenvalue weighted by Gasteiger charge is -2.28. The molecule has 1 aliphatic heterocycles. The van der Waals surface area contributed by atoms with Crippen LogP contribution in [0, 0.1) is 0 Å². The van der Waals surface area contributed by atoms with Crippen molar-refractivity contribution in [3.8, 4) is 0 Å². The molecule has 2 rings (SSSR count). The van der Waals surface area contributed by atoms with Crippen molar-refractivity contribution in [1.82, 2.24) is 15.5 Å². The smallest absolute Gasteiger partial charge is 0.261 e. The van der Waals surface area contributed by atoms with Crippen molar-refractivity contribution >= 4 is 0 Å². The second kappa shape index (κ2) is 6.36. The van der Waals surface area contributed by atoms with Gasteiger partial charge in [-0.2, -0.15) is 4.98 Å².